The lowest BCUT2D eigenvalue weighted by Crippen LogP contribution is -2.62. The molecule has 2 saturated heterocycles. The zero-order valence-electron chi connectivity index (χ0n) is 11.5. The van der Waals surface area contributed by atoms with Gasteiger partial charge in [0.2, 0.25) is 0 Å². The summed E-state index contributed by atoms with van der Waals surface area (Å²) >= 11 is 0. The van der Waals surface area contributed by atoms with Crippen molar-refractivity contribution in [3.8, 4) is 0 Å². The number of likely N-dealkylation sites (N-methyl/N-ethyl adjacent to an activating group) is 1. The van der Waals surface area contributed by atoms with Crippen LogP contribution in [0.4, 0.5) is 0 Å². The molecule has 0 bridgehead atoms. The maximum absolute atomic E-state index is 6.11. The smallest absolute Gasteiger partial charge is 0.0622 e. The highest BCUT2D eigenvalue weighted by Gasteiger charge is 2.42. The molecule has 17 heavy (non-hydrogen) atoms. The summed E-state index contributed by atoms with van der Waals surface area (Å²) in [5.74, 6) is 0. The molecule has 0 aromatic carbocycles. The minimum Gasteiger partial charge on any atom is -0.380 e. The average molecular weight is 241 g/mol. The molecule has 0 amide bonds. The fourth-order valence-corrected chi connectivity index (χ4v) is 3.28. The van der Waals surface area contributed by atoms with Crippen molar-refractivity contribution in [3.63, 3.8) is 0 Å². The Kier molecular flexibility index (Phi) is 4.08. The van der Waals surface area contributed by atoms with Crippen LogP contribution in [-0.4, -0.2) is 67.8 Å². The van der Waals surface area contributed by atoms with Crippen molar-refractivity contribution in [2.75, 3.05) is 40.4 Å². The van der Waals surface area contributed by atoms with Crippen LogP contribution in [0.5, 0.6) is 0 Å². The Balaban J connectivity index is 2.07. The first-order valence-electron chi connectivity index (χ1n) is 6.80. The van der Waals surface area contributed by atoms with E-state index in [2.05, 4.69) is 30.8 Å². The summed E-state index contributed by atoms with van der Waals surface area (Å²) in [6.07, 6.45) is 3.51. The van der Waals surface area contributed by atoms with E-state index >= 15 is 0 Å². The number of rotatable bonds is 3. The van der Waals surface area contributed by atoms with Gasteiger partial charge in [-0.2, -0.15) is 0 Å². The molecule has 100 valence electrons. The fourth-order valence-electron chi connectivity index (χ4n) is 3.28. The lowest BCUT2D eigenvalue weighted by atomic mass is 9.81. The molecule has 0 saturated carbocycles. The van der Waals surface area contributed by atoms with E-state index < -0.39 is 0 Å². The Bertz CT molecular complexity index is 255. The summed E-state index contributed by atoms with van der Waals surface area (Å²) < 4.78 is 5.51. The topological polar surface area (TPSA) is 41.7 Å². The van der Waals surface area contributed by atoms with Crippen LogP contribution in [0.3, 0.4) is 0 Å². The van der Waals surface area contributed by atoms with Crippen LogP contribution in [0.15, 0.2) is 0 Å². The van der Waals surface area contributed by atoms with E-state index in [-0.39, 0.29) is 5.54 Å². The maximum Gasteiger partial charge on any atom is 0.0622 e. The Morgan fingerprint density at radius 3 is 2.82 bits per heavy atom. The van der Waals surface area contributed by atoms with E-state index in [0.29, 0.717) is 12.1 Å². The van der Waals surface area contributed by atoms with Gasteiger partial charge in [-0.3, -0.25) is 4.90 Å². The molecule has 2 N–H and O–H groups in total. The highest BCUT2D eigenvalue weighted by Crippen LogP contribution is 2.33. The average Bonchev–Trinajstić information content (AvgIpc) is 2.85. The molecule has 2 heterocycles. The lowest BCUT2D eigenvalue weighted by molar-refractivity contribution is -0.00119. The molecule has 0 radical (unpaired) electrons. The van der Waals surface area contributed by atoms with Gasteiger partial charge in [-0.05, 0) is 46.8 Å². The van der Waals surface area contributed by atoms with Crippen LogP contribution in [0.2, 0.25) is 0 Å². The number of nitrogens with two attached hydrogens (primary N) is 1. The number of nitrogens with zero attached hydrogens (tertiary/aromatic N) is 2. The largest absolute Gasteiger partial charge is 0.380 e. The zero-order chi connectivity index (χ0) is 12.5. The summed E-state index contributed by atoms with van der Waals surface area (Å²) in [7, 11) is 4.45. The molecular weight excluding hydrogens is 214 g/mol. The predicted molar refractivity (Wildman–Crippen MR) is 70.1 cm³/mol. The third kappa shape index (κ3) is 2.50. The van der Waals surface area contributed by atoms with Gasteiger partial charge in [0.1, 0.15) is 0 Å². The van der Waals surface area contributed by atoms with Crippen LogP contribution < -0.4 is 5.73 Å². The van der Waals surface area contributed by atoms with Crippen molar-refractivity contribution in [1.29, 1.82) is 0 Å². The van der Waals surface area contributed by atoms with Gasteiger partial charge in [-0.15, -0.1) is 0 Å². The number of hydrogen-bond donors (Lipinski definition) is 1. The van der Waals surface area contributed by atoms with Crippen molar-refractivity contribution in [1.82, 2.24) is 9.80 Å². The van der Waals surface area contributed by atoms with Gasteiger partial charge in [0.15, 0.2) is 0 Å². The first-order chi connectivity index (χ1) is 8.09. The molecule has 2 rings (SSSR count). The Morgan fingerprint density at radius 1 is 1.53 bits per heavy atom. The zero-order valence-corrected chi connectivity index (χ0v) is 11.5. The van der Waals surface area contributed by atoms with E-state index in [1.54, 1.807) is 0 Å². The number of ether oxygens (including phenoxy) is 1. The van der Waals surface area contributed by atoms with Crippen molar-refractivity contribution in [3.05, 3.63) is 0 Å². The van der Waals surface area contributed by atoms with Crippen molar-refractivity contribution in [2.45, 2.75) is 43.8 Å². The molecule has 2 aliphatic heterocycles. The van der Waals surface area contributed by atoms with Gasteiger partial charge in [0.05, 0.1) is 6.61 Å². The summed E-state index contributed by atoms with van der Waals surface area (Å²) in [6.45, 7) is 6.00. The standard InChI is InChI=1S/C13H27N3O/c1-11-8-13(10-14,5-6-15(11)2)16(3)12-4-7-17-9-12/h11-12H,4-10,14H2,1-3H3. The number of hydrogen-bond acceptors (Lipinski definition) is 4. The van der Waals surface area contributed by atoms with E-state index in [1.807, 2.05) is 0 Å². The fraction of sp³-hybridized carbons (Fsp3) is 1.00. The van der Waals surface area contributed by atoms with Gasteiger partial charge in [-0.25, -0.2) is 0 Å². The first-order valence-corrected chi connectivity index (χ1v) is 6.80. The van der Waals surface area contributed by atoms with E-state index in [0.717, 1.165) is 32.7 Å². The van der Waals surface area contributed by atoms with Crippen LogP contribution in [0, 0.1) is 0 Å². The molecule has 3 unspecified atom stereocenters. The Hall–Kier alpha value is -0.160. The molecule has 0 aliphatic carbocycles. The van der Waals surface area contributed by atoms with Crippen molar-refractivity contribution in [2.24, 2.45) is 5.73 Å². The van der Waals surface area contributed by atoms with Crippen molar-refractivity contribution >= 4 is 0 Å². The van der Waals surface area contributed by atoms with Crippen LogP contribution in [0.25, 0.3) is 0 Å². The molecule has 0 aromatic rings. The SMILES string of the molecule is CC1CC(CN)(N(C)C2CCOC2)CCN1C. The Labute approximate surface area is 105 Å². The Morgan fingerprint density at radius 2 is 2.29 bits per heavy atom. The highest BCUT2D eigenvalue weighted by molar-refractivity contribution is 5.00. The van der Waals surface area contributed by atoms with Gasteiger partial charge in [0.25, 0.3) is 0 Å². The minimum absolute atomic E-state index is 0.185. The van der Waals surface area contributed by atoms with E-state index in [4.69, 9.17) is 10.5 Å². The van der Waals surface area contributed by atoms with Gasteiger partial charge in [-0.1, -0.05) is 0 Å². The second kappa shape index (κ2) is 5.22. The van der Waals surface area contributed by atoms with Crippen LogP contribution >= 0.6 is 0 Å². The molecule has 4 heteroatoms. The second-order valence-electron chi connectivity index (χ2n) is 5.84. The summed E-state index contributed by atoms with van der Waals surface area (Å²) in [5.41, 5.74) is 6.30. The second-order valence-corrected chi connectivity index (χ2v) is 5.84. The molecule has 2 fully saturated rings. The summed E-state index contributed by atoms with van der Waals surface area (Å²) in [5, 5.41) is 0. The molecule has 3 atom stereocenters. The monoisotopic (exact) mass is 241 g/mol. The van der Waals surface area contributed by atoms with Crippen LogP contribution in [0.1, 0.15) is 26.2 Å². The third-order valence-electron chi connectivity index (χ3n) is 4.94. The van der Waals surface area contributed by atoms with Gasteiger partial charge in [0, 0.05) is 30.8 Å². The molecule has 0 aromatic heterocycles. The van der Waals surface area contributed by atoms with Gasteiger partial charge >= 0.3 is 0 Å². The van der Waals surface area contributed by atoms with E-state index in [9.17, 15) is 0 Å². The normalized spacial score (nSPS) is 40.1. The molecular formula is C13H27N3O. The number of likely N-dealkylation sites (tertiary alicyclic amines) is 1. The third-order valence-corrected chi connectivity index (χ3v) is 4.94. The number of piperidine rings is 1. The lowest BCUT2D eigenvalue weighted by Gasteiger charge is -2.50. The quantitative estimate of drug-likeness (QED) is 0.782. The highest BCUT2D eigenvalue weighted by atomic mass is 16.5. The van der Waals surface area contributed by atoms with Gasteiger partial charge < -0.3 is 15.4 Å². The summed E-state index contributed by atoms with van der Waals surface area (Å²) in [6, 6.07) is 1.19. The molecule has 2 aliphatic rings. The van der Waals surface area contributed by atoms with E-state index in [1.165, 1.54) is 12.8 Å². The molecule has 4 nitrogen and oxygen atoms in total. The first kappa shape index (κ1) is 13.3. The predicted octanol–water partition coefficient (Wildman–Crippen LogP) is 0.519. The van der Waals surface area contributed by atoms with Crippen LogP contribution in [-0.2, 0) is 4.74 Å². The minimum atomic E-state index is 0.185. The van der Waals surface area contributed by atoms with Crippen molar-refractivity contribution < 1.29 is 4.74 Å². The molecule has 0 spiro atoms. The maximum atomic E-state index is 6.11. The summed E-state index contributed by atoms with van der Waals surface area (Å²) in [4.78, 5) is 4.95.